The van der Waals surface area contributed by atoms with Gasteiger partial charge in [-0.25, -0.2) is 9.59 Å². The maximum atomic E-state index is 12.7. The largest absolute Gasteiger partial charge is 0.490 e. The number of esters is 2. The van der Waals surface area contributed by atoms with Crippen LogP contribution in [-0.2, 0) is 14.3 Å². The van der Waals surface area contributed by atoms with E-state index in [1.807, 2.05) is 12.1 Å². The van der Waals surface area contributed by atoms with E-state index in [0.717, 1.165) is 39.4 Å². The lowest BCUT2D eigenvalue weighted by molar-refractivity contribution is -0.139. The smallest absolute Gasteiger partial charge is 0.335 e. The van der Waals surface area contributed by atoms with Crippen molar-refractivity contribution in [2.45, 2.75) is 18.7 Å². The normalized spacial score (nSPS) is 9.65. The number of hydrogen-bond donors (Lipinski definition) is 0. The van der Waals surface area contributed by atoms with Crippen molar-refractivity contribution in [3.05, 3.63) is 114 Å². The highest BCUT2D eigenvalue weighted by molar-refractivity contribution is 8.14. The van der Waals surface area contributed by atoms with E-state index in [9.17, 15) is 14.4 Å². The van der Waals surface area contributed by atoms with E-state index in [0.29, 0.717) is 22.6 Å². The van der Waals surface area contributed by atoms with Crippen LogP contribution in [0.15, 0.2) is 96.4 Å². The average Bonchev–Trinajstić information content (AvgIpc) is 2.95. The lowest BCUT2D eigenvalue weighted by Gasteiger charge is -2.07. The standard InChI is InChI=1S/C33H26O6S/c1-5-31(34)39-30-19-18-29(22-24(30)4)40-33(36)27-14-10-25(11-15-27)8-6-7-9-26-12-16-28(17-13-26)37-20-21-38-32(35)23(2)3/h5,10-19,22H,1-2,20-21H2,3-4H3. The van der Waals surface area contributed by atoms with Gasteiger partial charge in [0.05, 0.1) is 0 Å². The molecule has 40 heavy (non-hydrogen) atoms. The number of ether oxygens (including phenoxy) is 3. The fourth-order valence-electron chi connectivity index (χ4n) is 3.06. The third kappa shape index (κ3) is 9.40. The molecule has 0 amide bonds. The van der Waals surface area contributed by atoms with Gasteiger partial charge in [-0.2, -0.15) is 0 Å². The van der Waals surface area contributed by atoms with Crippen molar-refractivity contribution < 1.29 is 28.6 Å². The second-order valence-electron chi connectivity index (χ2n) is 8.31. The minimum atomic E-state index is -0.536. The minimum absolute atomic E-state index is 0.116. The number of hydrogen-bond acceptors (Lipinski definition) is 7. The molecule has 0 aliphatic rings. The van der Waals surface area contributed by atoms with Crippen molar-refractivity contribution in [3.63, 3.8) is 0 Å². The van der Waals surface area contributed by atoms with Crippen LogP contribution in [0.5, 0.6) is 11.5 Å². The first-order chi connectivity index (χ1) is 19.2. The van der Waals surface area contributed by atoms with Crippen molar-refractivity contribution in [2.75, 3.05) is 13.2 Å². The molecule has 0 atom stereocenters. The molecular weight excluding hydrogens is 524 g/mol. The van der Waals surface area contributed by atoms with E-state index in [1.165, 1.54) is 0 Å². The summed E-state index contributed by atoms with van der Waals surface area (Å²) in [6.07, 6.45) is 1.10. The molecule has 0 aliphatic heterocycles. The molecule has 6 nitrogen and oxygen atoms in total. The van der Waals surface area contributed by atoms with E-state index in [1.54, 1.807) is 68.4 Å². The van der Waals surface area contributed by atoms with Gasteiger partial charge in [0.25, 0.3) is 0 Å². The molecule has 0 bridgehead atoms. The predicted octanol–water partition coefficient (Wildman–Crippen LogP) is 5.92. The summed E-state index contributed by atoms with van der Waals surface area (Å²) in [6, 6.07) is 19.3. The molecule has 0 aliphatic carbocycles. The fraction of sp³-hybridized carbons (Fsp3) is 0.121. The van der Waals surface area contributed by atoms with Crippen LogP contribution in [0.25, 0.3) is 0 Å². The van der Waals surface area contributed by atoms with Crippen LogP contribution in [0.4, 0.5) is 0 Å². The second-order valence-corrected chi connectivity index (χ2v) is 9.35. The lowest BCUT2D eigenvalue weighted by Crippen LogP contribution is -2.12. The first-order valence-corrected chi connectivity index (χ1v) is 12.9. The number of aryl methyl sites for hydroxylation is 1. The molecule has 0 fully saturated rings. The molecule has 0 spiro atoms. The third-order valence-corrected chi connectivity index (χ3v) is 6.03. The summed E-state index contributed by atoms with van der Waals surface area (Å²) in [6.45, 7) is 10.7. The Bertz CT molecular complexity index is 1540. The van der Waals surface area contributed by atoms with Gasteiger partial charge in [-0.05, 0) is 110 Å². The first kappa shape index (κ1) is 29.6. The highest BCUT2D eigenvalue weighted by atomic mass is 32.2. The third-order valence-electron chi connectivity index (χ3n) is 5.12. The Morgan fingerprint density at radius 2 is 1.52 bits per heavy atom. The minimum Gasteiger partial charge on any atom is -0.490 e. The zero-order chi connectivity index (χ0) is 28.9. The molecule has 0 aromatic heterocycles. The second kappa shape index (κ2) is 14.8. The SMILES string of the molecule is C=CC(=O)Oc1ccc(SC(=O)c2ccc(C#CC#Cc3ccc(OCCOC(=O)C(=C)C)cc3)cc2)cc1C. The highest BCUT2D eigenvalue weighted by Gasteiger charge is 2.11. The van der Waals surface area contributed by atoms with Gasteiger partial charge in [0.2, 0.25) is 5.12 Å². The molecule has 3 rings (SSSR count). The monoisotopic (exact) mass is 550 g/mol. The van der Waals surface area contributed by atoms with Crippen molar-refractivity contribution in [2.24, 2.45) is 0 Å². The van der Waals surface area contributed by atoms with Gasteiger partial charge in [0, 0.05) is 33.2 Å². The van der Waals surface area contributed by atoms with Crippen LogP contribution < -0.4 is 9.47 Å². The first-order valence-electron chi connectivity index (χ1n) is 12.1. The van der Waals surface area contributed by atoms with Crippen LogP contribution in [0.1, 0.15) is 34.0 Å². The van der Waals surface area contributed by atoms with Crippen LogP contribution >= 0.6 is 11.8 Å². The Balaban J connectivity index is 1.50. The summed E-state index contributed by atoms with van der Waals surface area (Å²) in [5.74, 6) is 11.6. The van der Waals surface area contributed by atoms with E-state index < -0.39 is 11.9 Å². The number of carbonyl (C=O) groups is 3. The molecule has 0 radical (unpaired) electrons. The van der Waals surface area contributed by atoms with Crippen LogP contribution in [0.3, 0.4) is 0 Å². The molecule has 0 saturated heterocycles. The number of carbonyl (C=O) groups excluding carboxylic acids is 3. The molecular formula is C33H26O6S. The molecule has 3 aromatic rings. The molecule has 200 valence electrons. The topological polar surface area (TPSA) is 78.9 Å². The number of thioether (sulfide) groups is 1. The van der Waals surface area contributed by atoms with Crippen LogP contribution in [-0.4, -0.2) is 30.3 Å². The summed E-state index contributed by atoms with van der Waals surface area (Å²) < 4.78 is 15.7. The molecule has 0 saturated carbocycles. The Hall–Kier alpha value is -4.98. The molecule has 0 N–H and O–H groups in total. The zero-order valence-corrected chi connectivity index (χ0v) is 22.9. The van der Waals surface area contributed by atoms with Gasteiger partial charge in [-0.3, -0.25) is 4.79 Å². The zero-order valence-electron chi connectivity index (χ0n) is 22.1. The van der Waals surface area contributed by atoms with Crippen molar-refractivity contribution in [1.82, 2.24) is 0 Å². The quantitative estimate of drug-likeness (QED) is 0.0817. The van der Waals surface area contributed by atoms with Crippen molar-refractivity contribution in [1.29, 1.82) is 0 Å². The highest BCUT2D eigenvalue weighted by Crippen LogP contribution is 2.28. The van der Waals surface area contributed by atoms with E-state index in [2.05, 4.69) is 36.8 Å². The van der Waals surface area contributed by atoms with Crippen molar-refractivity contribution >= 4 is 28.8 Å². The summed E-state index contributed by atoms with van der Waals surface area (Å²) in [7, 11) is 0. The van der Waals surface area contributed by atoms with Gasteiger partial charge < -0.3 is 14.2 Å². The van der Waals surface area contributed by atoms with E-state index in [4.69, 9.17) is 14.2 Å². The Morgan fingerprint density at radius 1 is 0.900 bits per heavy atom. The summed E-state index contributed by atoms with van der Waals surface area (Å²) in [5, 5.41) is -0.116. The van der Waals surface area contributed by atoms with Gasteiger partial charge in [0.15, 0.2) is 0 Å². The van der Waals surface area contributed by atoms with E-state index in [-0.39, 0.29) is 18.3 Å². The van der Waals surface area contributed by atoms with E-state index >= 15 is 0 Å². The average molecular weight is 551 g/mol. The van der Waals surface area contributed by atoms with Gasteiger partial charge in [0.1, 0.15) is 24.7 Å². The maximum absolute atomic E-state index is 12.7. The maximum Gasteiger partial charge on any atom is 0.335 e. The summed E-state index contributed by atoms with van der Waals surface area (Å²) in [5.41, 5.74) is 3.13. The number of benzene rings is 3. The fourth-order valence-corrected chi connectivity index (χ4v) is 3.90. The van der Waals surface area contributed by atoms with Crippen LogP contribution in [0.2, 0.25) is 0 Å². The molecule has 7 heteroatoms. The lowest BCUT2D eigenvalue weighted by atomic mass is 10.1. The van der Waals surface area contributed by atoms with Crippen LogP contribution in [0, 0.1) is 30.6 Å². The Morgan fingerprint density at radius 3 is 2.10 bits per heavy atom. The van der Waals surface area contributed by atoms with Crippen molar-refractivity contribution in [3.8, 4) is 35.2 Å². The summed E-state index contributed by atoms with van der Waals surface area (Å²) >= 11 is 1.09. The Kier molecular flexibility index (Phi) is 11.0. The van der Waals surface area contributed by atoms with Gasteiger partial charge in [-0.15, -0.1) is 0 Å². The summed E-state index contributed by atoms with van der Waals surface area (Å²) in [4.78, 5) is 36.2. The molecule has 0 unspecified atom stereocenters. The van der Waals surface area contributed by atoms with Gasteiger partial charge in [-0.1, -0.05) is 25.0 Å². The molecule has 0 heterocycles. The molecule has 3 aromatic carbocycles. The number of rotatable bonds is 9. The predicted molar refractivity (Wildman–Crippen MR) is 155 cm³/mol. The Labute approximate surface area is 238 Å². The van der Waals surface area contributed by atoms with Gasteiger partial charge >= 0.3 is 11.9 Å².